The summed E-state index contributed by atoms with van der Waals surface area (Å²) in [6, 6.07) is 4.83. The molecule has 0 aliphatic carbocycles. The lowest BCUT2D eigenvalue weighted by Gasteiger charge is -2.28. The van der Waals surface area contributed by atoms with E-state index in [1.807, 2.05) is 13.8 Å². The third-order valence-corrected chi connectivity index (χ3v) is 6.51. The Bertz CT molecular complexity index is 451. The van der Waals surface area contributed by atoms with Gasteiger partial charge in [-0.25, -0.2) is 8.78 Å². The molecular formula is C16H26F2O3Si. The van der Waals surface area contributed by atoms with Gasteiger partial charge in [0.25, 0.3) is 0 Å². The van der Waals surface area contributed by atoms with Crippen LogP contribution >= 0.6 is 0 Å². The summed E-state index contributed by atoms with van der Waals surface area (Å²) in [4.78, 5) is 0. The predicted molar refractivity (Wildman–Crippen MR) is 84.7 cm³/mol. The Labute approximate surface area is 133 Å². The SMILES string of the molecule is CO[Si](CCCCCc1ccc(F)c(F)c1)(OC)OC(C)C. The Morgan fingerprint density at radius 3 is 2.23 bits per heavy atom. The summed E-state index contributed by atoms with van der Waals surface area (Å²) in [5.74, 6) is -1.58. The van der Waals surface area contributed by atoms with Crippen LogP contribution in [0.25, 0.3) is 0 Å². The zero-order chi connectivity index (χ0) is 16.6. The van der Waals surface area contributed by atoms with Gasteiger partial charge in [-0.3, -0.25) is 0 Å². The molecule has 6 heteroatoms. The van der Waals surface area contributed by atoms with Gasteiger partial charge in [-0.2, -0.15) is 0 Å². The quantitative estimate of drug-likeness (QED) is 0.471. The molecule has 0 bridgehead atoms. The van der Waals surface area contributed by atoms with Crippen LogP contribution in [0.4, 0.5) is 8.78 Å². The van der Waals surface area contributed by atoms with E-state index in [0.717, 1.165) is 37.3 Å². The molecule has 0 saturated heterocycles. The number of aryl methyl sites for hydroxylation is 1. The second kappa shape index (κ2) is 9.35. The van der Waals surface area contributed by atoms with Crippen molar-refractivity contribution in [3.05, 3.63) is 35.4 Å². The summed E-state index contributed by atoms with van der Waals surface area (Å²) < 4.78 is 42.8. The van der Waals surface area contributed by atoms with E-state index in [1.165, 1.54) is 12.1 Å². The number of halogens is 2. The van der Waals surface area contributed by atoms with Crippen molar-refractivity contribution in [1.29, 1.82) is 0 Å². The maximum atomic E-state index is 13.1. The highest BCUT2D eigenvalue weighted by molar-refractivity contribution is 6.60. The molecule has 0 amide bonds. The minimum atomic E-state index is -2.56. The number of unbranched alkanes of at least 4 members (excludes halogenated alkanes) is 2. The standard InChI is InChI=1S/C16H26F2O3Si/c1-13(2)21-22(19-3,20-4)11-7-5-6-8-14-9-10-15(17)16(18)12-14/h9-10,12-13H,5-8,11H2,1-4H3. The van der Waals surface area contributed by atoms with E-state index in [9.17, 15) is 8.78 Å². The molecule has 1 aromatic rings. The zero-order valence-electron chi connectivity index (χ0n) is 13.8. The molecular weight excluding hydrogens is 306 g/mol. The topological polar surface area (TPSA) is 27.7 Å². The second-order valence-electron chi connectivity index (χ2n) is 5.57. The Hall–Kier alpha value is -0.823. The van der Waals surface area contributed by atoms with Crippen molar-refractivity contribution in [2.75, 3.05) is 14.2 Å². The molecule has 0 heterocycles. The van der Waals surface area contributed by atoms with E-state index in [4.69, 9.17) is 13.3 Å². The summed E-state index contributed by atoms with van der Waals surface area (Å²) in [7, 11) is 0.687. The van der Waals surface area contributed by atoms with Crippen LogP contribution < -0.4 is 0 Å². The summed E-state index contributed by atoms with van der Waals surface area (Å²) in [5, 5.41) is 0. The fourth-order valence-corrected chi connectivity index (χ4v) is 4.63. The van der Waals surface area contributed by atoms with E-state index in [1.54, 1.807) is 20.3 Å². The third-order valence-electron chi connectivity index (χ3n) is 3.47. The van der Waals surface area contributed by atoms with Crippen LogP contribution in [-0.2, 0) is 19.7 Å². The number of hydrogen-bond acceptors (Lipinski definition) is 3. The average molecular weight is 332 g/mol. The first kappa shape index (κ1) is 19.2. The van der Waals surface area contributed by atoms with E-state index < -0.39 is 20.4 Å². The normalized spacial score (nSPS) is 12.1. The van der Waals surface area contributed by atoms with E-state index in [0.29, 0.717) is 0 Å². The minimum Gasteiger partial charge on any atom is -0.377 e. The van der Waals surface area contributed by atoms with Crippen molar-refractivity contribution < 1.29 is 22.1 Å². The lowest BCUT2D eigenvalue weighted by atomic mass is 10.1. The molecule has 0 saturated carbocycles. The third kappa shape index (κ3) is 6.12. The Balaban J connectivity index is 2.35. The van der Waals surface area contributed by atoms with Gasteiger partial charge in [0.15, 0.2) is 11.6 Å². The van der Waals surface area contributed by atoms with Crippen LogP contribution in [0.2, 0.25) is 6.04 Å². The highest BCUT2D eigenvalue weighted by atomic mass is 28.4. The van der Waals surface area contributed by atoms with Gasteiger partial charge < -0.3 is 13.3 Å². The molecule has 0 spiro atoms. The molecule has 0 radical (unpaired) electrons. The fraction of sp³-hybridized carbons (Fsp3) is 0.625. The van der Waals surface area contributed by atoms with Crippen LogP contribution in [-0.4, -0.2) is 29.1 Å². The number of hydrogen-bond donors (Lipinski definition) is 0. The van der Waals surface area contributed by atoms with Crippen molar-refractivity contribution in [2.24, 2.45) is 0 Å². The van der Waals surface area contributed by atoms with Crippen LogP contribution in [0.5, 0.6) is 0 Å². The number of benzene rings is 1. The van der Waals surface area contributed by atoms with Gasteiger partial charge in [0.1, 0.15) is 0 Å². The van der Waals surface area contributed by atoms with E-state index >= 15 is 0 Å². The van der Waals surface area contributed by atoms with E-state index in [2.05, 4.69) is 0 Å². The molecule has 0 aromatic heterocycles. The summed E-state index contributed by atoms with van der Waals surface area (Å²) >= 11 is 0. The van der Waals surface area contributed by atoms with Crippen molar-refractivity contribution in [3.8, 4) is 0 Å². The Morgan fingerprint density at radius 1 is 1.00 bits per heavy atom. The van der Waals surface area contributed by atoms with Crippen LogP contribution in [0.3, 0.4) is 0 Å². The lowest BCUT2D eigenvalue weighted by molar-refractivity contribution is 0.0693. The van der Waals surface area contributed by atoms with Gasteiger partial charge in [0, 0.05) is 26.4 Å². The van der Waals surface area contributed by atoms with Gasteiger partial charge in [-0.05, 0) is 50.8 Å². The maximum Gasteiger partial charge on any atom is 0.500 e. The first-order chi connectivity index (χ1) is 10.4. The van der Waals surface area contributed by atoms with Crippen LogP contribution in [0.15, 0.2) is 18.2 Å². The molecule has 0 aliphatic heterocycles. The van der Waals surface area contributed by atoms with Crippen molar-refractivity contribution in [1.82, 2.24) is 0 Å². The number of rotatable bonds is 10. The Kier molecular flexibility index (Phi) is 8.17. The molecule has 1 rings (SSSR count). The molecule has 0 atom stereocenters. The van der Waals surface area contributed by atoms with Gasteiger partial charge >= 0.3 is 8.80 Å². The minimum absolute atomic E-state index is 0.0637. The van der Waals surface area contributed by atoms with Crippen LogP contribution in [0, 0.1) is 11.6 Å². The molecule has 1 aromatic carbocycles. The highest BCUT2D eigenvalue weighted by Crippen LogP contribution is 2.20. The van der Waals surface area contributed by atoms with Gasteiger partial charge in [-0.1, -0.05) is 12.5 Å². The molecule has 126 valence electrons. The summed E-state index contributed by atoms with van der Waals surface area (Å²) in [6.07, 6.45) is 3.59. The maximum absolute atomic E-state index is 13.1. The largest absolute Gasteiger partial charge is 0.500 e. The first-order valence-electron chi connectivity index (χ1n) is 7.64. The zero-order valence-corrected chi connectivity index (χ0v) is 14.8. The molecule has 0 fully saturated rings. The van der Waals surface area contributed by atoms with Crippen molar-refractivity contribution in [3.63, 3.8) is 0 Å². The second-order valence-corrected chi connectivity index (χ2v) is 8.49. The average Bonchev–Trinajstić information content (AvgIpc) is 2.49. The monoisotopic (exact) mass is 332 g/mol. The molecule has 0 aliphatic rings. The van der Waals surface area contributed by atoms with Crippen molar-refractivity contribution >= 4 is 8.80 Å². The fourth-order valence-electron chi connectivity index (χ4n) is 2.34. The first-order valence-corrected chi connectivity index (χ1v) is 9.57. The molecule has 0 unspecified atom stereocenters. The lowest BCUT2D eigenvalue weighted by Crippen LogP contribution is -2.45. The van der Waals surface area contributed by atoms with Gasteiger partial charge in [0.05, 0.1) is 0 Å². The smallest absolute Gasteiger partial charge is 0.377 e. The Morgan fingerprint density at radius 2 is 1.68 bits per heavy atom. The molecule has 22 heavy (non-hydrogen) atoms. The van der Waals surface area contributed by atoms with Gasteiger partial charge in [-0.15, -0.1) is 0 Å². The van der Waals surface area contributed by atoms with E-state index in [-0.39, 0.29) is 6.10 Å². The summed E-state index contributed by atoms with van der Waals surface area (Å²) in [5.41, 5.74) is 0.819. The molecule has 3 nitrogen and oxygen atoms in total. The van der Waals surface area contributed by atoms with Gasteiger partial charge in [0.2, 0.25) is 0 Å². The highest BCUT2D eigenvalue weighted by Gasteiger charge is 2.39. The van der Waals surface area contributed by atoms with Crippen LogP contribution in [0.1, 0.15) is 38.7 Å². The molecule has 0 N–H and O–H groups in total. The summed E-state index contributed by atoms with van der Waals surface area (Å²) in [6.45, 7) is 3.92. The van der Waals surface area contributed by atoms with Crippen molar-refractivity contribution in [2.45, 2.75) is 51.7 Å². The predicted octanol–water partition coefficient (Wildman–Crippen LogP) is 4.33.